The van der Waals surface area contributed by atoms with Gasteiger partial charge in [-0.05, 0) is 43.9 Å². The van der Waals surface area contributed by atoms with Gasteiger partial charge in [0.05, 0.1) is 5.69 Å². The fourth-order valence-corrected chi connectivity index (χ4v) is 2.82. The molecule has 0 unspecified atom stereocenters. The summed E-state index contributed by atoms with van der Waals surface area (Å²) in [5, 5.41) is 20.7. The van der Waals surface area contributed by atoms with E-state index < -0.39 is 5.82 Å². The van der Waals surface area contributed by atoms with Gasteiger partial charge >= 0.3 is 0 Å². The SMILES string of the molecule is Oc1c2c(c(O)n1-c1ccc(Cl)cc1F)CCCC2. The Hall–Kier alpha value is -1.68. The van der Waals surface area contributed by atoms with E-state index in [0.29, 0.717) is 12.8 Å². The Labute approximate surface area is 114 Å². The van der Waals surface area contributed by atoms with Crippen molar-refractivity contribution in [2.45, 2.75) is 25.7 Å². The van der Waals surface area contributed by atoms with Crippen LogP contribution in [0, 0.1) is 5.82 Å². The van der Waals surface area contributed by atoms with Crippen molar-refractivity contribution in [2.24, 2.45) is 0 Å². The van der Waals surface area contributed by atoms with E-state index in [4.69, 9.17) is 11.6 Å². The van der Waals surface area contributed by atoms with Gasteiger partial charge in [-0.2, -0.15) is 0 Å². The van der Waals surface area contributed by atoms with Gasteiger partial charge in [0.2, 0.25) is 11.8 Å². The first-order valence-electron chi connectivity index (χ1n) is 6.19. The molecule has 0 aliphatic heterocycles. The highest BCUT2D eigenvalue weighted by Crippen LogP contribution is 2.41. The number of hydrogen-bond donors (Lipinski definition) is 2. The van der Waals surface area contributed by atoms with Crippen molar-refractivity contribution in [1.82, 2.24) is 4.57 Å². The molecule has 0 radical (unpaired) electrons. The van der Waals surface area contributed by atoms with Crippen LogP contribution in [0.1, 0.15) is 24.0 Å². The molecule has 19 heavy (non-hydrogen) atoms. The van der Waals surface area contributed by atoms with Gasteiger partial charge in [0.25, 0.3) is 0 Å². The molecule has 1 aliphatic rings. The number of benzene rings is 1. The molecule has 100 valence electrons. The standard InChI is InChI=1S/C14H13ClFNO2/c15-8-5-6-12(11(16)7-8)17-13(18)9-3-1-2-4-10(9)14(17)19/h5-7,18-19H,1-4H2. The summed E-state index contributed by atoms with van der Waals surface area (Å²) in [6.45, 7) is 0. The molecule has 0 saturated carbocycles. The third-order valence-electron chi connectivity index (χ3n) is 3.58. The van der Waals surface area contributed by atoms with E-state index in [1.807, 2.05) is 0 Å². The maximum Gasteiger partial charge on any atom is 0.202 e. The Morgan fingerprint density at radius 1 is 1.05 bits per heavy atom. The molecule has 0 fully saturated rings. The molecule has 1 aromatic carbocycles. The quantitative estimate of drug-likeness (QED) is 0.839. The van der Waals surface area contributed by atoms with Gasteiger partial charge in [-0.3, -0.25) is 0 Å². The number of aromatic hydroxyl groups is 2. The van der Waals surface area contributed by atoms with E-state index in [0.717, 1.165) is 34.6 Å². The van der Waals surface area contributed by atoms with Crippen LogP contribution in [0.4, 0.5) is 4.39 Å². The average molecular weight is 282 g/mol. The summed E-state index contributed by atoms with van der Waals surface area (Å²) in [6.07, 6.45) is 3.34. The summed E-state index contributed by atoms with van der Waals surface area (Å²) in [4.78, 5) is 0. The highest BCUT2D eigenvalue weighted by Gasteiger charge is 2.26. The molecule has 1 heterocycles. The van der Waals surface area contributed by atoms with Gasteiger partial charge in [-0.25, -0.2) is 8.96 Å². The number of halogens is 2. The van der Waals surface area contributed by atoms with E-state index in [1.54, 1.807) is 0 Å². The molecule has 1 aromatic heterocycles. The monoisotopic (exact) mass is 281 g/mol. The van der Waals surface area contributed by atoms with Gasteiger partial charge in [0.1, 0.15) is 5.82 Å². The Bertz CT molecular complexity index is 622. The van der Waals surface area contributed by atoms with E-state index in [2.05, 4.69) is 0 Å². The molecule has 3 nitrogen and oxygen atoms in total. The second-order valence-electron chi connectivity index (χ2n) is 4.74. The van der Waals surface area contributed by atoms with E-state index in [1.165, 1.54) is 12.1 Å². The van der Waals surface area contributed by atoms with Crippen molar-refractivity contribution in [3.8, 4) is 17.4 Å². The van der Waals surface area contributed by atoms with Gasteiger partial charge in [0.15, 0.2) is 0 Å². The highest BCUT2D eigenvalue weighted by molar-refractivity contribution is 6.30. The van der Waals surface area contributed by atoms with E-state index in [-0.39, 0.29) is 22.5 Å². The molecule has 2 aromatic rings. The minimum Gasteiger partial charge on any atom is -0.494 e. The highest BCUT2D eigenvalue weighted by atomic mass is 35.5. The molecule has 0 bridgehead atoms. The molecule has 3 rings (SSSR count). The maximum atomic E-state index is 13.9. The number of nitrogens with zero attached hydrogens (tertiary/aromatic N) is 1. The summed E-state index contributed by atoms with van der Waals surface area (Å²) in [7, 11) is 0. The first-order chi connectivity index (χ1) is 9.09. The number of fused-ring (bicyclic) bond motifs is 1. The first kappa shape index (κ1) is 12.4. The Morgan fingerprint density at radius 2 is 1.63 bits per heavy atom. The number of aromatic nitrogens is 1. The number of rotatable bonds is 1. The van der Waals surface area contributed by atoms with Gasteiger partial charge in [-0.1, -0.05) is 11.6 Å². The van der Waals surface area contributed by atoms with Crippen LogP contribution in [0.25, 0.3) is 5.69 Å². The van der Waals surface area contributed by atoms with Gasteiger partial charge in [-0.15, -0.1) is 0 Å². The second kappa shape index (κ2) is 4.46. The third kappa shape index (κ3) is 1.87. The molecule has 0 spiro atoms. The zero-order valence-electron chi connectivity index (χ0n) is 10.2. The zero-order valence-corrected chi connectivity index (χ0v) is 10.9. The molecule has 5 heteroatoms. The van der Waals surface area contributed by atoms with Gasteiger partial charge < -0.3 is 10.2 Å². The summed E-state index contributed by atoms with van der Waals surface area (Å²) in [5.41, 5.74) is 1.55. The predicted octanol–water partition coefficient (Wildman–Crippen LogP) is 3.56. The van der Waals surface area contributed by atoms with E-state index >= 15 is 0 Å². The van der Waals surface area contributed by atoms with Crippen molar-refractivity contribution in [3.63, 3.8) is 0 Å². The fourth-order valence-electron chi connectivity index (χ4n) is 2.66. The minimum atomic E-state index is -0.578. The molecule has 2 N–H and O–H groups in total. The molecular formula is C14H13ClFNO2. The summed E-state index contributed by atoms with van der Waals surface area (Å²) in [6, 6.07) is 4.13. The molecule has 0 atom stereocenters. The Kier molecular flexibility index (Phi) is 2.90. The van der Waals surface area contributed by atoms with Crippen LogP contribution in [0.15, 0.2) is 18.2 Å². The van der Waals surface area contributed by atoms with Crippen LogP contribution in [0.3, 0.4) is 0 Å². The average Bonchev–Trinajstić information content (AvgIpc) is 2.64. The van der Waals surface area contributed by atoms with Gasteiger partial charge in [0, 0.05) is 16.1 Å². The van der Waals surface area contributed by atoms with Crippen LogP contribution in [-0.4, -0.2) is 14.8 Å². The predicted molar refractivity (Wildman–Crippen MR) is 70.7 cm³/mol. The minimum absolute atomic E-state index is 0.0755. The first-order valence-corrected chi connectivity index (χ1v) is 6.57. The molecule has 1 aliphatic carbocycles. The van der Waals surface area contributed by atoms with Crippen LogP contribution >= 0.6 is 11.6 Å². The molecular weight excluding hydrogens is 269 g/mol. The van der Waals surface area contributed by atoms with Crippen LogP contribution in [0.5, 0.6) is 11.8 Å². The second-order valence-corrected chi connectivity index (χ2v) is 5.18. The molecule has 0 saturated heterocycles. The summed E-state index contributed by atoms with van der Waals surface area (Å²) < 4.78 is 15.1. The normalized spacial score (nSPS) is 14.4. The fraction of sp³-hybridized carbons (Fsp3) is 0.286. The smallest absolute Gasteiger partial charge is 0.202 e. The Morgan fingerprint density at radius 3 is 2.16 bits per heavy atom. The third-order valence-corrected chi connectivity index (χ3v) is 3.82. The molecule has 0 amide bonds. The lowest BCUT2D eigenvalue weighted by Gasteiger charge is -2.09. The van der Waals surface area contributed by atoms with Crippen molar-refractivity contribution in [1.29, 1.82) is 0 Å². The summed E-state index contributed by atoms with van der Waals surface area (Å²) in [5.74, 6) is -0.729. The van der Waals surface area contributed by atoms with E-state index in [9.17, 15) is 14.6 Å². The lowest BCUT2D eigenvalue weighted by Crippen LogP contribution is -1.98. The van der Waals surface area contributed by atoms with Crippen LogP contribution < -0.4 is 0 Å². The topological polar surface area (TPSA) is 45.4 Å². The largest absolute Gasteiger partial charge is 0.494 e. The van der Waals surface area contributed by atoms with Crippen LogP contribution in [-0.2, 0) is 12.8 Å². The maximum absolute atomic E-state index is 13.9. The lowest BCUT2D eigenvalue weighted by molar-refractivity contribution is 0.396. The summed E-state index contributed by atoms with van der Waals surface area (Å²) >= 11 is 5.71. The van der Waals surface area contributed by atoms with Crippen molar-refractivity contribution in [2.75, 3.05) is 0 Å². The zero-order chi connectivity index (χ0) is 13.6. The Balaban J connectivity index is 2.23. The van der Waals surface area contributed by atoms with Crippen molar-refractivity contribution >= 4 is 11.6 Å². The van der Waals surface area contributed by atoms with Crippen molar-refractivity contribution < 1.29 is 14.6 Å². The van der Waals surface area contributed by atoms with Crippen LogP contribution in [0.2, 0.25) is 5.02 Å². The number of hydrogen-bond acceptors (Lipinski definition) is 2. The lowest BCUT2D eigenvalue weighted by atomic mass is 9.95. The van der Waals surface area contributed by atoms with Crippen molar-refractivity contribution in [3.05, 3.63) is 40.2 Å².